The lowest BCUT2D eigenvalue weighted by Crippen LogP contribution is -2.54. The summed E-state index contributed by atoms with van der Waals surface area (Å²) in [6.45, 7) is 8.59. The van der Waals surface area contributed by atoms with Gasteiger partial charge in [-0.1, -0.05) is 59.6 Å². The van der Waals surface area contributed by atoms with Gasteiger partial charge in [-0.25, -0.2) is 8.42 Å². The second kappa shape index (κ2) is 12.7. The molecule has 0 aliphatic carbocycles. The lowest BCUT2D eigenvalue weighted by atomic mass is 10.1. The molecule has 3 aromatic carbocycles. The highest BCUT2D eigenvalue weighted by atomic mass is 35.5. The lowest BCUT2D eigenvalue weighted by molar-refractivity contribution is -0.140. The van der Waals surface area contributed by atoms with Crippen LogP contribution in [0.4, 0.5) is 5.69 Å². The minimum Gasteiger partial charge on any atom is -0.495 e. The highest BCUT2D eigenvalue weighted by Gasteiger charge is 2.33. The van der Waals surface area contributed by atoms with Gasteiger partial charge in [0.15, 0.2) is 0 Å². The fraction of sp³-hybridized carbons (Fsp3) is 0.333. The van der Waals surface area contributed by atoms with E-state index < -0.39 is 34.1 Å². The van der Waals surface area contributed by atoms with Crippen molar-refractivity contribution >= 4 is 39.1 Å². The third kappa shape index (κ3) is 7.76. The number of nitrogens with one attached hydrogen (secondary N) is 1. The Hall–Kier alpha value is -3.56. The van der Waals surface area contributed by atoms with Crippen molar-refractivity contribution in [2.45, 2.75) is 57.6 Å². The summed E-state index contributed by atoms with van der Waals surface area (Å²) in [5.74, 6) is -0.539. The molecule has 3 aromatic rings. The quantitative estimate of drug-likeness (QED) is 0.353. The number of carbonyl (C=O) groups is 2. The highest BCUT2D eigenvalue weighted by molar-refractivity contribution is 7.92. The van der Waals surface area contributed by atoms with Crippen LogP contribution in [0.15, 0.2) is 77.7 Å². The molecule has 0 spiro atoms. The smallest absolute Gasteiger partial charge is 0.264 e. The first-order valence-electron chi connectivity index (χ1n) is 12.8. The molecule has 2 amide bonds. The van der Waals surface area contributed by atoms with E-state index in [9.17, 15) is 18.0 Å². The van der Waals surface area contributed by atoms with Gasteiger partial charge in [-0.05, 0) is 70.5 Å². The van der Waals surface area contributed by atoms with E-state index in [-0.39, 0.29) is 28.1 Å². The normalized spacial score (nSPS) is 12.4. The van der Waals surface area contributed by atoms with Crippen molar-refractivity contribution in [1.29, 1.82) is 0 Å². The average Bonchev–Trinajstić information content (AvgIpc) is 2.89. The van der Waals surface area contributed by atoms with Crippen molar-refractivity contribution in [3.8, 4) is 5.75 Å². The maximum absolute atomic E-state index is 14.0. The Labute approximate surface area is 241 Å². The zero-order valence-electron chi connectivity index (χ0n) is 23.6. The van der Waals surface area contributed by atoms with Crippen LogP contribution < -0.4 is 14.4 Å². The average molecular weight is 586 g/mol. The molecule has 1 unspecified atom stereocenters. The molecular formula is C30H36ClN3O5S. The summed E-state index contributed by atoms with van der Waals surface area (Å²) >= 11 is 6.36. The van der Waals surface area contributed by atoms with Gasteiger partial charge in [0, 0.05) is 12.1 Å². The Balaban J connectivity index is 2.06. The molecule has 214 valence electrons. The topological polar surface area (TPSA) is 96.0 Å². The van der Waals surface area contributed by atoms with Crippen LogP contribution in [0.25, 0.3) is 0 Å². The van der Waals surface area contributed by atoms with E-state index in [1.54, 1.807) is 25.1 Å². The number of rotatable bonds is 10. The van der Waals surface area contributed by atoms with Crippen LogP contribution in [0, 0.1) is 6.92 Å². The number of sulfonamides is 1. The Morgan fingerprint density at radius 1 is 1.00 bits per heavy atom. The Kier molecular flexibility index (Phi) is 9.87. The molecule has 3 rings (SSSR count). The van der Waals surface area contributed by atoms with E-state index in [2.05, 4.69) is 5.32 Å². The van der Waals surface area contributed by atoms with E-state index in [0.717, 1.165) is 15.4 Å². The largest absolute Gasteiger partial charge is 0.495 e. The van der Waals surface area contributed by atoms with Gasteiger partial charge in [-0.3, -0.25) is 13.9 Å². The fourth-order valence-electron chi connectivity index (χ4n) is 4.01. The third-order valence-electron chi connectivity index (χ3n) is 6.17. The number of nitrogens with zero attached hydrogens (tertiary/aromatic N) is 2. The van der Waals surface area contributed by atoms with E-state index in [4.69, 9.17) is 16.3 Å². The standard InChI is InChI=1S/C30H36ClN3O5S/c1-21-12-15-25(16-13-21)40(37,38)34(24-14-17-27(39-6)26(31)18-24)20-28(35)33(19-23-10-8-7-9-11-23)22(2)29(36)32-30(3,4)5/h7-18,22H,19-20H2,1-6H3,(H,32,36). The number of hydrogen-bond donors (Lipinski definition) is 1. The molecule has 0 saturated carbocycles. The van der Waals surface area contributed by atoms with Gasteiger partial charge in [0.05, 0.1) is 22.7 Å². The number of benzene rings is 3. The molecule has 0 bridgehead atoms. The predicted octanol–water partition coefficient (Wildman–Crippen LogP) is 5.18. The molecule has 0 aromatic heterocycles. The monoisotopic (exact) mass is 585 g/mol. The molecule has 0 aliphatic heterocycles. The van der Waals surface area contributed by atoms with Gasteiger partial charge in [-0.2, -0.15) is 0 Å². The number of aryl methyl sites for hydroxylation is 1. The number of anilines is 1. The van der Waals surface area contributed by atoms with Gasteiger partial charge in [0.2, 0.25) is 11.8 Å². The molecule has 1 atom stereocenters. The van der Waals surface area contributed by atoms with Gasteiger partial charge in [0.1, 0.15) is 18.3 Å². The van der Waals surface area contributed by atoms with Crippen LogP contribution in [-0.4, -0.2) is 50.4 Å². The van der Waals surface area contributed by atoms with Gasteiger partial charge < -0.3 is 15.0 Å². The van der Waals surface area contributed by atoms with Crippen LogP contribution in [0.5, 0.6) is 5.75 Å². The van der Waals surface area contributed by atoms with Crippen molar-refractivity contribution in [3.63, 3.8) is 0 Å². The van der Waals surface area contributed by atoms with Crippen molar-refractivity contribution < 1.29 is 22.7 Å². The molecular weight excluding hydrogens is 550 g/mol. The first kappa shape index (κ1) is 31.0. The number of methoxy groups -OCH3 is 1. The molecule has 0 radical (unpaired) electrons. The number of carbonyl (C=O) groups excluding carboxylic acids is 2. The summed E-state index contributed by atoms with van der Waals surface area (Å²) in [6.07, 6.45) is 0. The third-order valence-corrected chi connectivity index (χ3v) is 8.26. The van der Waals surface area contributed by atoms with E-state index in [1.807, 2.05) is 58.0 Å². The van der Waals surface area contributed by atoms with Crippen LogP contribution in [-0.2, 0) is 26.2 Å². The summed E-state index contributed by atoms with van der Waals surface area (Å²) in [5.41, 5.74) is 1.35. The van der Waals surface area contributed by atoms with Gasteiger partial charge in [-0.15, -0.1) is 0 Å². The van der Waals surface area contributed by atoms with Crippen LogP contribution in [0.2, 0.25) is 5.02 Å². The van der Waals surface area contributed by atoms with Crippen molar-refractivity contribution in [3.05, 3.63) is 88.9 Å². The molecule has 0 fully saturated rings. The number of amides is 2. The molecule has 40 heavy (non-hydrogen) atoms. The van der Waals surface area contributed by atoms with E-state index >= 15 is 0 Å². The number of halogens is 1. The summed E-state index contributed by atoms with van der Waals surface area (Å²) < 4.78 is 34.1. The second-order valence-electron chi connectivity index (χ2n) is 10.6. The van der Waals surface area contributed by atoms with Gasteiger partial charge in [0.25, 0.3) is 10.0 Å². The Bertz CT molecular complexity index is 1440. The molecule has 0 heterocycles. The zero-order valence-corrected chi connectivity index (χ0v) is 25.2. The van der Waals surface area contributed by atoms with Gasteiger partial charge >= 0.3 is 0 Å². The molecule has 10 heteroatoms. The SMILES string of the molecule is COc1ccc(N(CC(=O)N(Cc2ccccc2)C(C)C(=O)NC(C)(C)C)S(=O)(=O)c2ccc(C)cc2)cc1Cl. The maximum Gasteiger partial charge on any atom is 0.264 e. The first-order valence-corrected chi connectivity index (χ1v) is 14.6. The zero-order chi connectivity index (χ0) is 29.7. The van der Waals surface area contributed by atoms with Crippen LogP contribution in [0.1, 0.15) is 38.8 Å². The second-order valence-corrected chi connectivity index (χ2v) is 12.8. The van der Waals surface area contributed by atoms with Crippen LogP contribution in [0.3, 0.4) is 0 Å². The minimum atomic E-state index is -4.20. The van der Waals surface area contributed by atoms with Crippen LogP contribution >= 0.6 is 11.6 Å². The summed E-state index contributed by atoms with van der Waals surface area (Å²) in [4.78, 5) is 28.5. The minimum absolute atomic E-state index is 0.0194. The molecule has 0 saturated heterocycles. The Morgan fingerprint density at radius 3 is 2.17 bits per heavy atom. The Morgan fingerprint density at radius 2 is 1.62 bits per heavy atom. The van der Waals surface area contributed by atoms with E-state index in [1.165, 1.54) is 36.3 Å². The number of ether oxygens (including phenoxy) is 1. The molecule has 0 aliphatic rings. The van der Waals surface area contributed by atoms with Crippen molar-refractivity contribution in [1.82, 2.24) is 10.2 Å². The van der Waals surface area contributed by atoms with Crippen molar-refractivity contribution in [2.24, 2.45) is 0 Å². The lowest BCUT2D eigenvalue weighted by Gasteiger charge is -2.33. The maximum atomic E-state index is 14.0. The van der Waals surface area contributed by atoms with E-state index in [0.29, 0.717) is 5.75 Å². The molecule has 8 nitrogen and oxygen atoms in total. The number of hydrogen-bond acceptors (Lipinski definition) is 5. The highest BCUT2D eigenvalue weighted by Crippen LogP contribution is 2.32. The first-order chi connectivity index (χ1) is 18.7. The summed E-state index contributed by atoms with van der Waals surface area (Å²) in [6, 6.07) is 19.2. The van der Waals surface area contributed by atoms with Crippen molar-refractivity contribution in [2.75, 3.05) is 18.0 Å². The molecule has 1 N–H and O–H groups in total. The predicted molar refractivity (Wildman–Crippen MR) is 158 cm³/mol. The summed E-state index contributed by atoms with van der Waals surface area (Å²) in [7, 11) is -2.74. The fourth-order valence-corrected chi connectivity index (χ4v) is 5.67. The summed E-state index contributed by atoms with van der Waals surface area (Å²) in [5, 5.41) is 3.10.